The van der Waals surface area contributed by atoms with Gasteiger partial charge in [0.2, 0.25) is 5.75 Å². The Bertz CT molecular complexity index is 1310. The molecule has 1 aliphatic carbocycles. The first-order chi connectivity index (χ1) is 17.4. The predicted molar refractivity (Wildman–Crippen MR) is 137 cm³/mol. The molecule has 0 radical (unpaired) electrons. The molecule has 0 unspecified atom stereocenters. The molecule has 9 heteroatoms. The van der Waals surface area contributed by atoms with Crippen molar-refractivity contribution in [1.82, 2.24) is 5.32 Å². The second kappa shape index (κ2) is 9.73. The van der Waals surface area contributed by atoms with Gasteiger partial charge in [-0.25, -0.2) is 4.79 Å². The van der Waals surface area contributed by atoms with E-state index < -0.39 is 12.1 Å². The molecule has 5 rings (SSSR count). The Kier molecular flexibility index (Phi) is 6.49. The zero-order chi connectivity index (χ0) is 25.4. The summed E-state index contributed by atoms with van der Waals surface area (Å²) >= 11 is 1.65. The van der Waals surface area contributed by atoms with Crippen LogP contribution in [0.2, 0.25) is 0 Å². The molecular formula is C27H28N2O6S. The summed E-state index contributed by atoms with van der Waals surface area (Å²) in [6.07, 6.45) is 2.47. The quantitative estimate of drug-likeness (QED) is 0.358. The highest BCUT2D eigenvalue weighted by Gasteiger charge is 2.34. The van der Waals surface area contributed by atoms with E-state index in [9.17, 15) is 9.59 Å². The van der Waals surface area contributed by atoms with E-state index in [1.807, 2.05) is 12.1 Å². The van der Waals surface area contributed by atoms with Gasteiger partial charge in [0.05, 0.1) is 32.5 Å². The van der Waals surface area contributed by atoms with Crippen molar-refractivity contribution >= 4 is 28.2 Å². The number of carbonyl (C=O) groups is 2. The van der Waals surface area contributed by atoms with Gasteiger partial charge in [-0.1, -0.05) is 25.1 Å². The fraction of sp³-hybridized carbons (Fsp3) is 0.333. The van der Waals surface area contributed by atoms with Crippen molar-refractivity contribution < 1.29 is 28.5 Å². The number of amides is 1. The third-order valence-corrected chi connectivity index (χ3v) is 7.81. The number of anilines is 1. The van der Waals surface area contributed by atoms with Crippen LogP contribution in [0.1, 0.15) is 56.2 Å². The SMILES string of the molecule is COc1cc(C(=O)Oc2ccccc2[C@@H]2NC(=O)c3c(sc4c3CC[C@@H](C)C4)N2)cc(OC)c1OC. The molecule has 0 fully saturated rings. The average Bonchev–Trinajstić information content (AvgIpc) is 3.25. The first-order valence-corrected chi connectivity index (χ1v) is 12.6. The number of nitrogens with one attached hydrogen (secondary N) is 2. The second-order valence-corrected chi connectivity index (χ2v) is 10.1. The minimum atomic E-state index is -0.592. The highest BCUT2D eigenvalue weighted by Crippen LogP contribution is 2.43. The summed E-state index contributed by atoms with van der Waals surface area (Å²) in [5.41, 5.74) is 2.81. The molecule has 3 aromatic rings. The molecule has 1 amide bonds. The van der Waals surface area contributed by atoms with Crippen molar-refractivity contribution in [2.45, 2.75) is 32.4 Å². The van der Waals surface area contributed by atoms with Gasteiger partial charge in [-0.3, -0.25) is 4.79 Å². The Hall–Kier alpha value is -3.72. The molecule has 2 aromatic carbocycles. The van der Waals surface area contributed by atoms with Crippen molar-refractivity contribution in [3.63, 3.8) is 0 Å². The number of benzene rings is 2. The zero-order valence-corrected chi connectivity index (χ0v) is 21.4. The number of esters is 1. The number of hydrogen-bond acceptors (Lipinski definition) is 8. The number of ether oxygens (including phenoxy) is 4. The standard InChI is InChI=1S/C27H28N2O6S/c1-14-9-10-17-21(11-14)36-26-22(17)25(30)28-24(29-26)16-7-5-6-8-18(16)35-27(31)15-12-19(32-2)23(34-4)20(13-15)33-3/h5-8,12-14,24,29H,9-11H2,1-4H3,(H,28,30)/t14-,24-/m1/s1. The zero-order valence-electron chi connectivity index (χ0n) is 20.6. The van der Waals surface area contributed by atoms with Gasteiger partial charge in [-0.15, -0.1) is 11.3 Å². The van der Waals surface area contributed by atoms with Gasteiger partial charge in [0.1, 0.15) is 16.9 Å². The Balaban J connectivity index is 1.43. The Morgan fingerprint density at radius 2 is 1.72 bits per heavy atom. The molecule has 2 heterocycles. The lowest BCUT2D eigenvalue weighted by molar-refractivity contribution is 0.0731. The molecule has 2 atom stereocenters. The van der Waals surface area contributed by atoms with E-state index in [1.54, 1.807) is 23.5 Å². The number of carbonyl (C=O) groups excluding carboxylic acids is 2. The minimum Gasteiger partial charge on any atom is -0.493 e. The first kappa shape index (κ1) is 24.0. The van der Waals surface area contributed by atoms with Crippen molar-refractivity contribution in [2.75, 3.05) is 26.6 Å². The van der Waals surface area contributed by atoms with E-state index in [1.165, 1.54) is 43.9 Å². The summed E-state index contributed by atoms with van der Waals surface area (Å²) in [7, 11) is 4.46. The number of para-hydroxylation sites is 1. The highest BCUT2D eigenvalue weighted by atomic mass is 32.1. The Labute approximate surface area is 213 Å². The molecule has 0 saturated carbocycles. The lowest BCUT2D eigenvalue weighted by atomic mass is 9.88. The monoisotopic (exact) mass is 508 g/mol. The van der Waals surface area contributed by atoms with Gasteiger partial charge in [0.25, 0.3) is 5.91 Å². The molecular weight excluding hydrogens is 480 g/mol. The summed E-state index contributed by atoms with van der Waals surface area (Å²) in [5, 5.41) is 7.38. The molecule has 36 heavy (non-hydrogen) atoms. The Morgan fingerprint density at radius 1 is 1.00 bits per heavy atom. The summed E-state index contributed by atoms with van der Waals surface area (Å²) < 4.78 is 21.8. The summed E-state index contributed by atoms with van der Waals surface area (Å²) in [6.45, 7) is 2.25. The van der Waals surface area contributed by atoms with Crippen LogP contribution in [0.15, 0.2) is 36.4 Å². The molecule has 2 N–H and O–H groups in total. The van der Waals surface area contributed by atoms with Gasteiger partial charge >= 0.3 is 5.97 Å². The smallest absolute Gasteiger partial charge is 0.343 e. The predicted octanol–water partition coefficient (Wildman–Crippen LogP) is 4.97. The number of methoxy groups -OCH3 is 3. The van der Waals surface area contributed by atoms with Crippen LogP contribution in [0, 0.1) is 5.92 Å². The van der Waals surface area contributed by atoms with E-state index in [0.717, 1.165) is 29.8 Å². The van der Waals surface area contributed by atoms with E-state index in [4.69, 9.17) is 18.9 Å². The number of rotatable bonds is 6. The van der Waals surface area contributed by atoms with Gasteiger partial charge in [0, 0.05) is 10.4 Å². The van der Waals surface area contributed by atoms with Crippen molar-refractivity contribution in [1.29, 1.82) is 0 Å². The highest BCUT2D eigenvalue weighted by molar-refractivity contribution is 7.16. The van der Waals surface area contributed by atoms with Gasteiger partial charge in [-0.05, 0) is 48.9 Å². The van der Waals surface area contributed by atoms with Crippen LogP contribution in [-0.4, -0.2) is 33.2 Å². The Morgan fingerprint density at radius 3 is 2.42 bits per heavy atom. The fourth-order valence-corrected chi connectivity index (χ4v) is 6.22. The van der Waals surface area contributed by atoms with Gasteiger partial charge in [-0.2, -0.15) is 0 Å². The first-order valence-electron chi connectivity index (χ1n) is 11.8. The maximum absolute atomic E-state index is 13.1. The van der Waals surface area contributed by atoms with E-state index in [0.29, 0.717) is 34.5 Å². The summed E-state index contributed by atoms with van der Waals surface area (Å²) in [6, 6.07) is 10.2. The molecule has 8 nitrogen and oxygen atoms in total. The van der Waals surface area contributed by atoms with E-state index in [2.05, 4.69) is 17.6 Å². The van der Waals surface area contributed by atoms with Crippen LogP contribution < -0.4 is 29.6 Å². The van der Waals surface area contributed by atoms with Crippen LogP contribution >= 0.6 is 11.3 Å². The molecule has 0 spiro atoms. The lowest BCUT2D eigenvalue weighted by Crippen LogP contribution is -2.38. The van der Waals surface area contributed by atoms with Gasteiger partial charge in [0.15, 0.2) is 11.5 Å². The fourth-order valence-electron chi connectivity index (χ4n) is 4.79. The second-order valence-electron chi connectivity index (χ2n) is 8.95. The largest absolute Gasteiger partial charge is 0.493 e. The summed E-state index contributed by atoms with van der Waals surface area (Å²) in [5.74, 6) is 1.34. The maximum Gasteiger partial charge on any atom is 0.343 e. The average molecular weight is 509 g/mol. The number of hydrogen-bond donors (Lipinski definition) is 2. The van der Waals surface area contributed by atoms with E-state index >= 15 is 0 Å². The molecule has 2 aliphatic rings. The molecule has 0 saturated heterocycles. The third kappa shape index (κ3) is 4.24. The number of thiophene rings is 1. The van der Waals surface area contributed by atoms with Crippen LogP contribution in [0.4, 0.5) is 5.00 Å². The van der Waals surface area contributed by atoms with Crippen molar-refractivity contribution in [3.8, 4) is 23.0 Å². The lowest BCUT2D eigenvalue weighted by Gasteiger charge is -2.28. The topological polar surface area (TPSA) is 95.1 Å². The van der Waals surface area contributed by atoms with Crippen LogP contribution in [-0.2, 0) is 12.8 Å². The molecule has 1 aromatic heterocycles. The van der Waals surface area contributed by atoms with Crippen molar-refractivity contribution in [3.05, 3.63) is 63.5 Å². The van der Waals surface area contributed by atoms with Crippen molar-refractivity contribution in [2.24, 2.45) is 5.92 Å². The van der Waals surface area contributed by atoms with Crippen LogP contribution in [0.5, 0.6) is 23.0 Å². The molecule has 1 aliphatic heterocycles. The van der Waals surface area contributed by atoms with E-state index in [-0.39, 0.29) is 11.5 Å². The summed E-state index contributed by atoms with van der Waals surface area (Å²) in [4.78, 5) is 27.6. The maximum atomic E-state index is 13.1. The van der Waals surface area contributed by atoms with Crippen LogP contribution in [0.3, 0.4) is 0 Å². The normalized spacial score (nSPS) is 18.3. The van der Waals surface area contributed by atoms with Crippen LogP contribution in [0.25, 0.3) is 0 Å². The molecule has 188 valence electrons. The third-order valence-electron chi connectivity index (χ3n) is 6.62. The van der Waals surface area contributed by atoms with Gasteiger partial charge < -0.3 is 29.6 Å². The minimum absolute atomic E-state index is 0.105. The molecule has 0 bridgehead atoms. The number of fused-ring (bicyclic) bond motifs is 3.